The standard InChI is InChI=1S/C5H7F3O/c1-2-3-5(8,9)4(6)7/h2,4,9H,1,3H2. The zero-order chi connectivity index (χ0) is 7.49. The van der Waals surface area contributed by atoms with E-state index in [-0.39, 0.29) is 0 Å². The highest BCUT2D eigenvalue weighted by Gasteiger charge is 2.35. The van der Waals surface area contributed by atoms with E-state index >= 15 is 0 Å². The summed E-state index contributed by atoms with van der Waals surface area (Å²) in [4.78, 5) is 0. The number of hydrogen-bond donors (Lipinski definition) is 1. The van der Waals surface area contributed by atoms with Gasteiger partial charge in [-0.2, -0.15) is 0 Å². The molecule has 1 N–H and O–H groups in total. The summed E-state index contributed by atoms with van der Waals surface area (Å²) in [6.07, 6.45) is -3.22. The summed E-state index contributed by atoms with van der Waals surface area (Å²) in [5, 5.41) is 8.10. The number of halogens is 3. The lowest BCUT2D eigenvalue weighted by Crippen LogP contribution is -2.30. The van der Waals surface area contributed by atoms with Crippen LogP contribution in [0.3, 0.4) is 0 Å². The zero-order valence-electron chi connectivity index (χ0n) is 4.65. The number of hydrogen-bond acceptors (Lipinski definition) is 1. The molecule has 0 aliphatic carbocycles. The zero-order valence-corrected chi connectivity index (χ0v) is 4.65. The SMILES string of the molecule is C=CCC(O)(F)C(F)F. The van der Waals surface area contributed by atoms with E-state index in [2.05, 4.69) is 6.58 Å². The Morgan fingerprint density at radius 1 is 1.67 bits per heavy atom. The number of alkyl halides is 3. The summed E-state index contributed by atoms with van der Waals surface area (Å²) >= 11 is 0. The number of rotatable bonds is 3. The van der Waals surface area contributed by atoms with E-state index in [4.69, 9.17) is 5.11 Å². The van der Waals surface area contributed by atoms with Crippen LogP contribution in [0.4, 0.5) is 13.2 Å². The maximum Gasteiger partial charge on any atom is 0.296 e. The average molecular weight is 140 g/mol. The summed E-state index contributed by atoms with van der Waals surface area (Å²) in [5.74, 6) is -3.40. The first-order valence-electron chi connectivity index (χ1n) is 2.31. The van der Waals surface area contributed by atoms with Crippen molar-refractivity contribution in [3.8, 4) is 0 Å². The van der Waals surface area contributed by atoms with E-state index in [1.54, 1.807) is 0 Å². The Morgan fingerprint density at radius 3 is 2.22 bits per heavy atom. The van der Waals surface area contributed by atoms with Crippen molar-refractivity contribution >= 4 is 0 Å². The Labute approximate surface area is 50.8 Å². The van der Waals surface area contributed by atoms with E-state index in [1.807, 2.05) is 0 Å². The molecule has 0 heterocycles. The third kappa shape index (κ3) is 2.51. The highest BCUT2D eigenvalue weighted by atomic mass is 19.3. The van der Waals surface area contributed by atoms with Gasteiger partial charge in [0.2, 0.25) is 0 Å². The highest BCUT2D eigenvalue weighted by Crippen LogP contribution is 2.21. The van der Waals surface area contributed by atoms with Crippen molar-refractivity contribution in [2.24, 2.45) is 0 Å². The van der Waals surface area contributed by atoms with Crippen molar-refractivity contribution in [2.75, 3.05) is 0 Å². The van der Waals surface area contributed by atoms with Gasteiger partial charge in [0.05, 0.1) is 0 Å². The Morgan fingerprint density at radius 2 is 2.11 bits per heavy atom. The van der Waals surface area contributed by atoms with Gasteiger partial charge in [0.15, 0.2) is 0 Å². The van der Waals surface area contributed by atoms with Crippen LogP contribution in [0, 0.1) is 0 Å². The van der Waals surface area contributed by atoms with Crippen LogP contribution >= 0.6 is 0 Å². The molecule has 0 aliphatic heterocycles. The van der Waals surface area contributed by atoms with Gasteiger partial charge >= 0.3 is 0 Å². The van der Waals surface area contributed by atoms with Crippen molar-refractivity contribution in [3.05, 3.63) is 12.7 Å². The summed E-state index contributed by atoms with van der Waals surface area (Å²) in [6, 6.07) is 0. The smallest absolute Gasteiger partial charge is 0.296 e. The van der Waals surface area contributed by atoms with E-state index < -0.39 is 18.7 Å². The van der Waals surface area contributed by atoms with Gasteiger partial charge in [-0.1, -0.05) is 6.08 Å². The third-order valence-corrected chi connectivity index (χ3v) is 0.765. The van der Waals surface area contributed by atoms with Crippen molar-refractivity contribution in [3.63, 3.8) is 0 Å². The van der Waals surface area contributed by atoms with Crippen molar-refractivity contribution < 1.29 is 18.3 Å². The van der Waals surface area contributed by atoms with Crippen LogP contribution in [0.1, 0.15) is 6.42 Å². The first-order valence-corrected chi connectivity index (χ1v) is 2.31. The van der Waals surface area contributed by atoms with Gasteiger partial charge in [-0.3, -0.25) is 0 Å². The van der Waals surface area contributed by atoms with Crippen LogP contribution < -0.4 is 0 Å². The van der Waals surface area contributed by atoms with Crippen LogP contribution in [0.5, 0.6) is 0 Å². The second-order valence-electron chi connectivity index (χ2n) is 1.61. The lowest BCUT2D eigenvalue weighted by atomic mass is 10.2. The van der Waals surface area contributed by atoms with Crippen LogP contribution in [-0.4, -0.2) is 17.4 Å². The first-order chi connectivity index (χ1) is 4.00. The fourth-order valence-corrected chi connectivity index (χ4v) is 0.292. The normalized spacial score (nSPS) is 17.4. The van der Waals surface area contributed by atoms with Crippen LogP contribution in [-0.2, 0) is 0 Å². The molecule has 0 bridgehead atoms. The molecule has 0 radical (unpaired) electrons. The summed E-state index contributed by atoms with van der Waals surface area (Å²) < 4.78 is 34.6. The largest absolute Gasteiger partial charge is 0.357 e. The molecule has 0 rings (SSSR count). The van der Waals surface area contributed by atoms with Crippen molar-refractivity contribution in [1.29, 1.82) is 0 Å². The molecule has 0 aromatic heterocycles. The molecular weight excluding hydrogens is 133 g/mol. The second-order valence-corrected chi connectivity index (χ2v) is 1.61. The maximum atomic E-state index is 11.9. The van der Waals surface area contributed by atoms with E-state index in [0.717, 1.165) is 6.08 Å². The quantitative estimate of drug-likeness (QED) is 0.589. The van der Waals surface area contributed by atoms with Crippen LogP contribution in [0.2, 0.25) is 0 Å². The third-order valence-electron chi connectivity index (χ3n) is 0.765. The topological polar surface area (TPSA) is 20.2 Å². The summed E-state index contributed by atoms with van der Waals surface area (Å²) in [7, 11) is 0. The molecule has 4 heteroatoms. The van der Waals surface area contributed by atoms with Gasteiger partial charge in [0, 0.05) is 6.42 Å². The lowest BCUT2D eigenvalue weighted by molar-refractivity contribution is -0.183. The van der Waals surface area contributed by atoms with E-state index in [0.29, 0.717) is 0 Å². The van der Waals surface area contributed by atoms with Gasteiger partial charge in [0.25, 0.3) is 12.3 Å². The summed E-state index contributed by atoms with van der Waals surface area (Å²) in [6.45, 7) is 2.99. The average Bonchev–Trinajstić information content (AvgIpc) is 1.65. The molecule has 0 aromatic rings. The highest BCUT2D eigenvalue weighted by molar-refractivity contribution is 4.79. The van der Waals surface area contributed by atoms with Crippen molar-refractivity contribution in [2.45, 2.75) is 18.7 Å². The molecule has 1 atom stereocenters. The molecule has 0 aromatic carbocycles. The minimum atomic E-state index is -3.40. The van der Waals surface area contributed by atoms with E-state index in [1.165, 1.54) is 0 Å². The molecule has 0 saturated carbocycles. The molecule has 0 saturated heterocycles. The van der Waals surface area contributed by atoms with Gasteiger partial charge < -0.3 is 5.11 Å². The fraction of sp³-hybridized carbons (Fsp3) is 0.600. The maximum absolute atomic E-state index is 11.9. The lowest BCUT2D eigenvalue weighted by Gasteiger charge is -2.14. The second kappa shape index (κ2) is 2.87. The molecular formula is C5H7F3O. The molecule has 0 amide bonds. The van der Waals surface area contributed by atoms with Gasteiger partial charge in [-0.25, -0.2) is 13.2 Å². The Bertz CT molecular complexity index is 100. The Balaban J connectivity index is 3.84. The minimum absolute atomic E-state index is 0.745. The molecule has 1 nitrogen and oxygen atoms in total. The predicted molar refractivity (Wildman–Crippen MR) is 26.9 cm³/mol. The fourth-order valence-electron chi connectivity index (χ4n) is 0.292. The Hall–Kier alpha value is -0.510. The molecule has 9 heavy (non-hydrogen) atoms. The Kier molecular flexibility index (Phi) is 2.70. The molecule has 54 valence electrons. The molecule has 0 aliphatic rings. The van der Waals surface area contributed by atoms with Gasteiger partial charge in [0.1, 0.15) is 0 Å². The van der Waals surface area contributed by atoms with Gasteiger partial charge in [-0.15, -0.1) is 6.58 Å². The summed E-state index contributed by atoms with van der Waals surface area (Å²) in [5.41, 5.74) is 0. The monoisotopic (exact) mass is 140 g/mol. The van der Waals surface area contributed by atoms with Crippen molar-refractivity contribution in [1.82, 2.24) is 0 Å². The number of aliphatic hydroxyl groups is 1. The first kappa shape index (κ1) is 8.49. The molecule has 0 spiro atoms. The predicted octanol–water partition coefficient (Wildman–Crippen LogP) is 1.49. The molecule has 0 fully saturated rings. The minimum Gasteiger partial charge on any atom is -0.357 e. The van der Waals surface area contributed by atoms with Gasteiger partial charge in [-0.05, 0) is 0 Å². The van der Waals surface area contributed by atoms with Crippen LogP contribution in [0.25, 0.3) is 0 Å². The van der Waals surface area contributed by atoms with E-state index in [9.17, 15) is 13.2 Å². The molecule has 1 unspecified atom stereocenters. The van der Waals surface area contributed by atoms with Crippen LogP contribution in [0.15, 0.2) is 12.7 Å².